The van der Waals surface area contributed by atoms with Crippen molar-refractivity contribution < 1.29 is 14.0 Å². The van der Waals surface area contributed by atoms with Gasteiger partial charge in [-0.1, -0.05) is 10.3 Å². The summed E-state index contributed by atoms with van der Waals surface area (Å²) in [6.45, 7) is 5.83. The monoisotopic (exact) mass is 361 g/mol. The van der Waals surface area contributed by atoms with Gasteiger partial charge in [0.15, 0.2) is 11.4 Å². The highest BCUT2D eigenvalue weighted by Gasteiger charge is 2.28. The first-order valence-electron chi connectivity index (χ1n) is 7.94. The largest absolute Gasteiger partial charge is 0.618 e. The van der Waals surface area contributed by atoms with Crippen LogP contribution in [0.1, 0.15) is 22.4 Å². The van der Waals surface area contributed by atoms with Crippen LogP contribution in [-0.4, -0.2) is 27.9 Å². The Morgan fingerprint density at radius 3 is 2.68 bits per heavy atom. The van der Waals surface area contributed by atoms with Gasteiger partial charge in [0.2, 0.25) is 5.69 Å². The predicted molar refractivity (Wildman–Crippen MR) is 100 cm³/mol. The molecule has 0 bridgehead atoms. The molecule has 2 heterocycles. The molecule has 0 fully saturated rings. The van der Waals surface area contributed by atoms with Gasteiger partial charge in [0.1, 0.15) is 5.75 Å². The number of nitrogens with zero attached hydrogens (tertiary/aromatic N) is 2. The Morgan fingerprint density at radius 2 is 2.00 bits per heavy atom. The van der Waals surface area contributed by atoms with Crippen LogP contribution in [0.3, 0.4) is 0 Å². The number of aromatic nitrogens is 3. The summed E-state index contributed by atoms with van der Waals surface area (Å²) in [5.41, 5.74) is 5.08. The van der Waals surface area contributed by atoms with Crippen LogP contribution in [0, 0.1) is 26.0 Å². The third-order valence-corrected chi connectivity index (χ3v) is 6.53. The van der Waals surface area contributed by atoms with Gasteiger partial charge in [-0.15, -0.1) is 0 Å². The molecule has 3 rings (SSSR count). The van der Waals surface area contributed by atoms with Gasteiger partial charge in [-0.3, -0.25) is 0 Å². The van der Waals surface area contributed by atoms with Gasteiger partial charge in [0.25, 0.3) is 0 Å². The zero-order chi connectivity index (χ0) is 18.4. The van der Waals surface area contributed by atoms with Gasteiger partial charge in [-0.2, -0.15) is 4.73 Å². The first-order valence-corrected chi connectivity index (χ1v) is 10.1. The summed E-state index contributed by atoms with van der Waals surface area (Å²) in [6, 6.07) is 5.52. The van der Waals surface area contributed by atoms with Crippen molar-refractivity contribution >= 4 is 21.3 Å². The van der Waals surface area contributed by atoms with E-state index in [2.05, 4.69) is 9.97 Å². The second-order valence-corrected chi connectivity index (χ2v) is 9.20. The minimum absolute atomic E-state index is 0.250. The van der Waals surface area contributed by atoms with E-state index in [1.54, 1.807) is 19.6 Å². The van der Waals surface area contributed by atoms with E-state index in [9.17, 15) is 9.76 Å². The number of rotatable bonds is 4. The molecule has 0 radical (unpaired) electrons. The molecule has 0 aliphatic heterocycles. The van der Waals surface area contributed by atoms with Gasteiger partial charge in [0.05, 0.1) is 23.9 Å². The highest BCUT2D eigenvalue weighted by Crippen LogP contribution is 2.50. The lowest BCUT2D eigenvalue weighted by atomic mass is 10.1. The molecule has 2 aromatic heterocycles. The Morgan fingerprint density at radius 1 is 1.28 bits per heavy atom. The molecule has 0 spiro atoms. The van der Waals surface area contributed by atoms with Crippen LogP contribution in [0.2, 0.25) is 0 Å². The normalized spacial score (nSPS) is 15.1. The van der Waals surface area contributed by atoms with Crippen molar-refractivity contribution in [1.29, 1.82) is 0 Å². The molecule has 1 aromatic carbocycles. The third-order valence-electron chi connectivity index (χ3n) is 4.67. The Balaban J connectivity index is 2.01. The SMILES string of the molecule is COc1ccc2nc(S(C)(O)Cc3c(C)c(C)c(C)c[n+]3[O-])[nH]c2c1. The average Bonchev–Trinajstić information content (AvgIpc) is 3.01. The Bertz CT molecular complexity index is 950. The molecular formula is C18H23N3O3S. The van der Waals surface area contributed by atoms with Crippen molar-refractivity contribution in [2.24, 2.45) is 0 Å². The third kappa shape index (κ3) is 3.17. The summed E-state index contributed by atoms with van der Waals surface area (Å²) in [5, 5.41) is 12.9. The maximum absolute atomic E-state index is 12.3. The summed E-state index contributed by atoms with van der Waals surface area (Å²) in [6.07, 6.45) is 3.31. The number of pyridine rings is 1. The number of fused-ring (bicyclic) bond motifs is 1. The van der Waals surface area contributed by atoms with Crippen molar-refractivity contribution in [2.75, 3.05) is 13.4 Å². The molecule has 25 heavy (non-hydrogen) atoms. The van der Waals surface area contributed by atoms with Gasteiger partial charge in [-0.25, -0.2) is 4.98 Å². The fourth-order valence-corrected chi connectivity index (χ4v) is 4.47. The minimum atomic E-state index is -2.30. The quantitative estimate of drug-likeness (QED) is 0.549. The number of aromatic amines is 1. The van der Waals surface area contributed by atoms with Crippen molar-refractivity contribution in [1.82, 2.24) is 9.97 Å². The molecule has 0 amide bonds. The van der Waals surface area contributed by atoms with Crippen LogP contribution in [0.4, 0.5) is 0 Å². The molecule has 1 unspecified atom stereocenters. The van der Waals surface area contributed by atoms with Crippen LogP contribution in [0.5, 0.6) is 5.75 Å². The number of benzene rings is 1. The number of nitrogens with one attached hydrogen (secondary N) is 1. The summed E-state index contributed by atoms with van der Waals surface area (Å²) < 4.78 is 17.2. The van der Waals surface area contributed by atoms with Crippen LogP contribution in [0.15, 0.2) is 29.6 Å². The molecule has 0 aliphatic rings. The fraction of sp³-hybridized carbons (Fsp3) is 0.333. The zero-order valence-electron chi connectivity index (χ0n) is 15.1. The zero-order valence-corrected chi connectivity index (χ0v) is 15.9. The van der Waals surface area contributed by atoms with Gasteiger partial charge in [-0.05, 0) is 44.7 Å². The van der Waals surface area contributed by atoms with E-state index in [0.29, 0.717) is 10.9 Å². The van der Waals surface area contributed by atoms with Crippen molar-refractivity contribution in [3.05, 3.63) is 52.0 Å². The van der Waals surface area contributed by atoms with E-state index in [1.807, 2.05) is 39.0 Å². The Hall–Kier alpha value is -2.25. The van der Waals surface area contributed by atoms with Crippen molar-refractivity contribution in [2.45, 2.75) is 31.7 Å². The van der Waals surface area contributed by atoms with Crippen molar-refractivity contribution in [3.63, 3.8) is 0 Å². The molecule has 134 valence electrons. The van der Waals surface area contributed by atoms with E-state index >= 15 is 0 Å². The lowest BCUT2D eigenvalue weighted by molar-refractivity contribution is -0.613. The molecule has 3 aromatic rings. The summed E-state index contributed by atoms with van der Waals surface area (Å²) in [5.74, 6) is 0.972. The molecule has 7 heteroatoms. The second kappa shape index (κ2) is 6.24. The van der Waals surface area contributed by atoms with Gasteiger partial charge in [0, 0.05) is 17.2 Å². The summed E-state index contributed by atoms with van der Waals surface area (Å²) in [4.78, 5) is 7.70. The molecule has 0 saturated carbocycles. The number of ether oxygens (including phenoxy) is 1. The molecule has 2 N–H and O–H groups in total. The van der Waals surface area contributed by atoms with Gasteiger partial charge < -0.3 is 19.5 Å². The number of imidazole rings is 1. The number of aryl methyl sites for hydroxylation is 1. The van der Waals surface area contributed by atoms with E-state index in [4.69, 9.17) is 4.74 Å². The summed E-state index contributed by atoms with van der Waals surface area (Å²) in [7, 11) is -0.691. The number of hydrogen-bond acceptors (Lipinski definition) is 4. The van der Waals surface area contributed by atoms with Gasteiger partial charge >= 0.3 is 0 Å². The van der Waals surface area contributed by atoms with Crippen LogP contribution in [-0.2, 0) is 5.75 Å². The van der Waals surface area contributed by atoms with E-state index in [0.717, 1.165) is 38.2 Å². The molecule has 0 saturated heterocycles. The van der Waals surface area contributed by atoms with E-state index in [-0.39, 0.29) is 5.75 Å². The fourth-order valence-electron chi connectivity index (χ4n) is 2.84. The highest BCUT2D eigenvalue weighted by atomic mass is 32.3. The first-order chi connectivity index (χ1) is 11.7. The number of methoxy groups -OCH3 is 1. The van der Waals surface area contributed by atoms with Crippen LogP contribution in [0.25, 0.3) is 11.0 Å². The maximum Gasteiger partial charge on any atom is 0.206 e. The lowest BCUT2D eigenvalue weighted by Gasteiger charge is -2.26. The maximum atomic E-state index is 12.3. The first kappa shape index (κ1) is 17.6. The average molecular weight is 361 g/mol. The molecule has 6 nitrogen and oxygen atoms in total. The topological polar surface area (TPSA) is 85.1 Å². The minimum Gasteiger partial charge on any atom is -0.618 e. The molecular weight excluding hydrogens is 338 g/mol. The Labute approximate surface area is 148 Å². The highest BCUT2D eigenvalue weighted by molar-refractivity contribution is 8.27. The van der Waals surface area contributed by atoms with Crippen LogP contribution >= 0.6 is 10.3 Å². The number of hydrogen-bond donors (Lipinski definition) is 2. The van der Waals surface area contributed by atoms with E-state index < -0.39 is 10.3 Å². The molecule has 0 aliphatic carbocycles. The van der Waals surface area contributed by atoms with Crippen molar-refractivity contribution in [3.8, 4) is 5.75 Å². The van der Waals surface area contributed by atoms with E-state index in [1.165, 1.54) is 0 Å². The smallest absolute Gasteiger partial charge is 0.206 e. The Kier molecular flexibility index (Phi) is 4.38. The second-order valence-electron chi connectivity index (χ2n) is 6.44. The van der Waals surface area contributed by atoms with Crippen LogP contribution < -0.4 is 9.47 Å². The lowest BCUT2D eigenvalue weighted by Crippen LogP contribution is -2.34. The summed E-state index contributed by atoms with van der Waals surface area (Å²) >= 11 is 0. The predicted octanol–water partition coefficient (Wildman–Crippen LogP) is 3.60. The standard InChI is InChI=1S/C18H23N3O3S/c1-11-9-21(22)17(13(3)12(11)2)10-25(5,23)18-19-15-7-6-14(24-4)8-16(15)20-18/h6-9,23H,10H2,1-5H3,(H,19,20). The number of H-pyrrole nitrogens is 1. The molecule has 1 atom stereocenters.